The summed E-state index contributed by atoms with van der Waals surface area (Å²) in [6.07, 6.45) is 3.38. The van der Waals surface area contributed by atoms with Gasteiger partial charge in [-0.2, -0.15) is 0 Å². The van der Waals surface area contributed by atoms with E-state index in [4.69, 9.17) is 0 Å². The molecule has 2 amide bonds. The molecule has 1 aliphatic rings. The number of hydrogen-bond acceptors (Lipinski definition) is 5. The number of carbonyl (C=O) groups excluding carboxylic acids is 2. The van der Waals surface area contributed by atoms with Crippen molar-refractivity contribution in [1.29, 1.82) is 0 Å². The lowest BCUT2D eigenvalue weighted by molar-refractivity contribution is -0.121. The van der Waals surface area contributed by atoms with Gasteiger partial charge in [0.1, 0.15) is 0 Å². The number of para-hydroxylation sites is 1. The van der Waals surface area contributed by atoms with Crippen molar-refractivity contribution in [3.8, 4) is 0 Å². The maximum atomic E-state index is 12.6. The molecule has 0 spiro atoms. The number of piperidine rings is 1. The molecule has 1 aromatic heterocycles. The number of benzene rings is 1. The molecule has 1 saturated heterocycles. The summed E-state index contributed by atoms with van der Waals surface area (Å²) in [5.41, 5.74) is 0.828. The Balaban J connectivity index is 1.67. The third kappa shape index (κ3) is 4.43. The van der Waals surface area contributed by atoms with Crippen LogP contribution >= 0.6 is 11.3 Å². The largest absolute Gasteiger partial charge is 0.326 e. The van der Waals surface area contributed by atoms with Crippen molar-refractivity contribution in [2.24, 2.45) is 5.92 Å². The van der Waals surface area contributed by atoms with Crippen molar-refractivity contribution in [1.82, 2.24) is 9.88 Å². The lowest BCUT2D eigenvalue weighted by atomic mass is 9.90. The fraction of sp³-hybridized carbons (Fsp3) is 0.389. The lowest BCUT2D eigenvalue weighted by Crippen LogP contribution is -2.38. The smallest absolute Gasteiger partial charge is 0.227 e. The van der Waals surface area contributed by atoms with Gasteiger partial charge in [-0.15, -0.1) is 11.3 Å². The topological polar surface area (TPSA) is 74.3 Å². The van der Waals surface area contributed by atoms with Gasteiger partial charge >= 0.3 is 0 Å². The molecule has 0 radical (unpaired) electrons. The number of nitrogens with one attached hydrogen (secondary N) is 2. The second-order valence-electron chi connectivity index (χ2n) is 6.32. The Hall–Kier alpha value is -2.25. The van der Waals surface area contributed by atoms with E-state index in [-0.39, 0.29) is 23.8 Å². The molecule has 0 aliphatic carbocycles. The van der Waals surface area contributed by atoms with Crippen LogP contribution in [0.2, 0.25) is 0 Å². The monoisotopic (exact) mass is 358 g/mol. The fourth-order valence-electron chi connectivity index (χ4n) is 3.07. The van der Waals surface area contributed by atoms with Crippen LogP contribution in [-0.4, -0.2) is 35.3 Å². The van der Waals surface area contributed by atoms with Crippen LogP contribution in [0.15, 0.2) is 36.5 Å². The predicted molar refractivity (Wildman–Crippen MR) is 99.6 cm³/mol. The van der Waals surface area contributed by atoms with Crippen molar-refractivity contribution in [2.75, 3.05) is 24.2 Å². The Kier molecular flexibility index (Phi) is 5.45. The molecule has 2 unspecified atom stereocenters. The third-order valence-electron chi connectivity index (χ3n) is 4.42. The number of hydrogen-bond donors (Lipinski definition) is 2. The Morgan fingerprint density at radius 1 is 1.24 bits per heavy atom. The molecule has 3 rings (SSSR count). The number of nitrogens with zero attached hydrogens (tertiary/aromatic N) is 2. The van der Waals surface area contributed by atoms with Crippen molar-refractivity contribution in [2.45, 2.75) is 25.8 Å². The van der Waals surface area contributed by atoms with E-state index in [1.807, 2.05) is 30.3 Å². The molecule has 1 aromatic carbocycles. The van der Waals surface area contributed by atoms with Gasteiger partial charge in [-0.1, -0.05) is 18.2 Å². The predicted octanol–water partition coefficient (Wildman–Crippen LogP) is 3.12. The molecule has 2 aromatic rings. The molecule has 6 nitrogen and oxygen atoms in total. The van der Waals surface area contributed by atoms with Gasteiger partial charge in [0, 0.05) is 35.6 Å². The van der Waals surface area contributed by atoms with E-state index in [2.05, 4.69) is 27.6 Å². The summed E-state index contributed by atoms with van der Waals surface area (Å²) in [5, 5.41) is 6.32. The first-order valence-corrected chi connectivity index (χ1v) is 9.14. The van der Waals surface area contributed by atoms with Gasteiger partial charge in [0.2, 0.25) is 11.8 Å². The summed E-state index contributed by atoms with van der Waals surface area (Å²) in [6, 6.07) is 9.68. The van der Waals surface area contributed by atoms with E-state index >= 15 is 0 Å². The zero-order valence-corrected chi connectivity index (χ0v) is 15.2. The summed E-state index contributed by atoms with van der Waals surface area (Å²) >= 11 is 1.47. The standard InChI is InChI=1S/C18H22N4O2S/c1-12(23)20-18-19-11-16(25-18)15-10-13(8-9-22(15)2)17(24)21-14-6-4-3-5-7-14/h3-7,11,13,15H,8-10H2,1-2H3,(H,21,24)(H,19,20,23). The number of anilines is 2. The second kappa shape index (κ2) is 7.76. The van der Waals surface area contributed by atoms with Crippen LogP contribution in [0, 0.1) is 5.92 Å². The van der Waals surface area contributed by atoms with E-state index in [1.165, 1.54) is 18.3 Å². The first-order valence-electron chi connectivity index (χ1n) is 8.32. The van der Waals surface area contributed by atoms with E-state index in [0.717, 1.165) is 30.0 Å². The summed E-state index contributed by atoms with van der Waals surface area (Å²) in [5.74, 6) is -0.0957. The van der Waals surface area contributed by atoms with Crippen LogP contribution in [-0.2, 0) is 9.59 Å². The van der Waals surface area contributed by atoms with Gasteiger partial charge in [0.05, 0.1) is 0 Å². The SMILES string of the molecule is CC(=O)Nc1ncc(C2CC(C(=O)Nc3ccccc3)CCN2C)s1. The molecule has 2 heterocycles. The second-order valence-corrected chi connectivity index (χ2v) is 7.38. The number of aromatic nitrogens is 1. The van der Waals surface area contributed by atoms with E-state index in [0.29, 0.717) is 5.13 Å². The Morgan fingerprint density at radius 2 is 2.00 bits per heavy atom. The normalized spacial score (nSPS) is 20.9. The fourth-order valence-corrected chi connectivity index (χ4v) is 4.11. The molecule has 1 fully saturated rings. The molecule has 2 atom stereocenters. The molecule has 0 saturated carbocycles. The van der Waals surface area contributed by atoms with Gasteiger partial charge in [0.25, 0.3) is 0 Å². The van der Waals surface area contributed by atoms with Crippen molar-refractivity contribution < 1.29 is 9.59 Å². The summed E-state index contributed by atoms with van der Waals surface area (Å²) in [7, 11) is 2.06. The van der Waals surface area contributed by atoms with E-state index < -0.39 is 0 Å². The maximum absolute atomic E-state index is 12.6. The van der Waals surface area contributed by atoms with Crippen LogP contribution in [0.1, 0.15) is 30.7 Å². The van der Waals surface area contributed by atoms with Crippen molar-refractivity contribution in [3.63, 3.8) is 0 Å². The van der Waals surface area contributed by atoms with Crippen LogP contribution in [0.4, 0.5) is 10.8 Å². The summed E-state index contributed by atoms with van der Waals surface area (Å²) < 4.78 is 0. The summed E-state index contributed by atoms with van der Waals surface area (Å²) in [6.45, 7) is 2.32. The number of likely N-dealkylation sites (tertiary alicyclic amines) is 1. The minimum absolute atomic E-state index is 0.0345. The number of amides is 2. The highest BCUT2D eigenvalue weighted by atomic mass is 32.1. The Morgan fingerprint density at radius 3 is 2.72 bits per heavy atom. The van der Waals surface area contributed by atoms with Crippen LogP contribution in [0.25, 0.3) is 0 Å². The highest BCUT2D eigenvalue weighted by molar-refractivity contribution is 7.15. The van der Waals surface area contributed by atoms with Gasteiger partial charge in [-0.3, -0.25) is 14.5 Å². The number of rotatable bonds is 4. The first kappa shape index (κ1) is 17.6. The molecule has 2 N–H and O–H groups in total. The zero-order chi connectivity index (χ0) is 17.8. The third-order valence-corrected chi connectivity index (χ3v) is 5.43. The quantitative estimate of drug-likeness (QED) is 0.881. The van der Waals surface area contributed by atoms with Crippen molar-refractivity contribution in [3.05, 3.63) is 41.4 Å². The van der Waals surface area contributed by atoms with Gasteiger partial charge in [-0.25, -0.2) is 4.98 Å². The Labute approximate surface area is 151 Å². The zero-order valence-electron chi connectivity index (χ0n) is 14.4. The minimum atomic E-state index is -0.127. The lowest BCUT2D eigenvalue weighted by Gasteiger charge is -2.35. The molecule has 1 aliphatic heterocycles. The average Bonchev–Trinajstić information content (AvgIpc) is 3.03. The Bertz CT molecular complexity index is 747. The van der Waals surface area contributed by atoms with E-state index in [9.17, 15) is 9.59 Å². The van der Waals surface area contributed by atoms with Gasteiger partial charge < -0.3 is 10.6 Å². The van der Waals surface area contributed by atoms with Crippen LogP contribution in [0.3, 0.4) is 0 Å². The molecular weight excluding hydrogens is 336 g/mol. The van der Waals surface area contributed by atoms with Gasteiger partial charge in [-0.05, 0) is 38.6 Å². The highest BCUT2D eigenvalue weighted by Gasteiger charge is 2.32. The van der Waals surface area contributed by atoms with Gasteiger partial charge in [0.15, 0.2) is 5.13 Å². The van der Waals surface area contributed by atoms with E-state index in [1.54, 1.807) is 6.20 Å². The minimum Gasteiger partial charge on any atom is -0.326 e. The molecule has 0 bridgehead atoms. The summed E-state index contributed by atoms with van der Waals surface area (Å²) in [4.78, 5) is 31.4. The molecule has 25 heavy (non-hydrogen) atoms. The molecule has 132 valence electrons. The number of carbonyl (C=O) groups is 2. The van der Waals surface area contributed by atoms with Crippen molar-refractivity contribution >= 4 is 34.0 Å². The first-order chi connectivity index (χ1) is 12.0. The average molecular weight is 358 g/mol. The van der Waals surface area contributed by atoms with Crippen LogP contribution < -0.4 is 10.6 Å². The van der Waals surface area contributed by atoms with Crippen LogP contribution in [0.5, 0.6) is 0 Å². The number of thiazole rings is 1. The molecule has 7 heteroatoms. The highest BCUT2D eigenvalue weighted by Crippen LogP contribution is 2.37. The molecular formula is C18H22N4O2S. The maximum Gasteiger partial charge on any atom is 0.227 e.